The van der Waals surface area contributed by atoms with E-state index in [4.69, 9.17) is 0 Å². The number of benzene rings is 2. The monoisotopic (exact) mass is 393 g/mol. The van der Waals surface area contributed by atoms with E-state index >= 15 is 0 Å². The second-order valence-corrected chi connectivity index (χ2v) is 8.03. The van der Waals surface area contributed by atoms with Gasteiger partial charge in [-0.3, -0.25) is 9.59 Å². The summed E-state index contributed by atoms with van der Waals surface area (Å²) in [6.07, 6.45) is 7.00. The number of hydrogen-bond acceptors (Lipinski definition) is 4. The summed E-state index contributed by atoms with van der Waals surface area (Å²) in [4.78, 5) is 25.0. The fourth-order valence-corrected chi connectivity index (χ4v) is 4.41. The Balaban J connectivity index is 1.40. The van der Waals surface area contributed by atoms with Gasteiger partial charge in [0.1, 0.15) is 5.69 Å². The van der Waals surface area contributed by atoms with Gasteiger partial charge >= 0.3 is 0 Å². The van der Waals surface area contributed by atoms with Crippen molar-refractivity contribution >= 4 is 39.1 Å². The topological polar surface area (TPSA) is 71.1 Å². The molecule has 6 heteroatoms. The van der Waals surface area contributed by atoms with Crippen LogP contribution >= 0.6 is 11.5 Å². The molecule has 1 heterocycles. The number of carbonyl (C=O) groups is 2. The minimum Gasteiger partial charge on any atom is -0.349 e. The van der Waals surface area contributed by atoms with Crippen molar-refractivity contribution in [2.24, 2.45) is 0 Å². The highest BCUT2D eigenvalue weighted by Gasteiger charge is 2.17. The quantitative estimate of drug-likeness (QED) is 0.613. The molecule has 144 valence electrons. The second-order valence-electron chi connectivity index (χ2n) is 7.22. The molecule has 5 nitrogen and oxygen atoms in total. The number of hydrogen-bond donors (Lipinski definition) is 2. The Morgan fingerprint density at radius 1 is 0.893 bits per heavy atom. The highest BCUT2D eigenvalue weighted by Crippen LogP contribution is 2.23. The van der Waals surface area contributed by atoms with Gasteiger partial charge in [-0.1, -0.05) is 43.9 Å². The van der Waals surface area contributed by atoms with Crippen molar-refractivity contribution in [1.29, 1.82) is 0 Å². The van der Waals surface area contributed by atoms with Crippen molar-refractivity contribution < 1.29 is 9.59 Å². The number of rotatable bonds is 4. The van der Waals surface area contributed by atoms with Crippen LogP contribution in [0.15, 0.2) is 48.5 Å². The average molecular weight is 394 g/mol. The third-order valence-corrected chi connectivity index (χ3v) is 6.01. The molecule has 0 bridgehead atoms. The summed E-state index contributed by atoms with van der Waals surface area (Å²) < 4.78 is 5.26. The van der Waals surface area contributed by atoms with Gasteiger partial charge in [0.25, 0.3) is 11.8 Å². The van der Waals surface area contributed by atoms with Crippen LogP contribution in [0.25, 0.3) is 10.1 Å². The van der Waals surface area contributed by atoms with Crippen LogP contribution in [0, 0.1) is 0 Å². The van der Waals surface area contributed by atoms with E-state index in [1.165, 1.54) is 37.2 Å². The summed E-state index contributed by atoms with van der Waals surface area (Å²) >= 11 is 1.31. The Hall–Kier alpha value is -2.73. The molecule has 0 radical (unpaired) electrons. The predicted molar refractivity (Wildman–Crippen MR) is 113 cm³/mol. The molecular formula is C22H23N3O2S. The number of carbonyl (C=O) groups excluding carboxylic acids is 2. The molecule has 1 fully saturated rings. The van der Waals surface area contributed by atoms with Gasteiger partial charge in [-0.2, -0.15) is 4.37 Å². The highest BCUT2D eigenvalue weighted by atomic mass is 32.1. The van der Waals surface area contributed by atoms with Gasteiger partial charge < -0.3 is 10.6 Å². The van der Waals surface area contributed by atoms with Crippen LogP contribution in [0.3, 0.4) is 0 Å². The molecule has 2 amide bonds. The maximum Gasteiger partial charge on any atom is 0.276 e. The molecule has 1 saturated carbocycles. The zero-order valence-electron chi connectivity index (χ0n) is 15.6. The number of aromatic nitrogens is 1. The first-order valence-corrected chi connectivity index (χ1v) is 10.5. The van der Waals surface area contributed by atoms with Crippen molar-refractivity contribution in [2.45, 2.75) is 44.6 Å². The van der Waals surface area contributed by atoms with Crippen LogP contribution < -0.4 is 10.6 Å². The zero-order valence-corrected chi connectivity index (χ0v) is 16.4. The van der Waals surface area contributed by atoms with Crippen molar-refractivity contribution in [1.82, 2.24) is 9.69 Å². The lowest BCUT2D eigenvalue weighted by Gasteiger charge is -2.16. The summed E-state index contributed by atoms with van der Waals surface area (Å²) in [6, 6.07) is 15.0. The third-order valence-electron chi connectivity index (χ3n) is 5.19. The number of nitrogens with one attached hydrogen (secondary N) is 2. The van der Waals surface area contributed by atoms with E-state index in [0.29, 0.717) is 16.9 Å². The summed E-state index contributed by atoms with van der Waals surface area (Å²) in [5.74, 6) is -0.289. The number of fused-ring (bicyclic) bond motifs is 1. The van der Waals surface area contributed by atoms with Crippen LogP contribution in [-0.2, 0) is 0 Å². The van der Waals surface area contributed by atoms with E-state index < -0.39 is 0 Å². The van der Waals surface area contributed by atoms with Crippen molar-refractivity contribution in [3.05, 3.63) is 59.8 Å². The maximum absolute atomic E-state index is 12.6. The molecule has 4 rings (SSSR count). The van der Waals surface area contributed by atoms with Crippen LogP contribution in [0.1, 0.15) is 59.4 Å². The molecule has 0 spiro atoms. The fraction of sp³-hybridized carbons (Fsp3) is 0.318. The van der Waals surface area contributed by atoms with E-state index in [1.54, 1.807) is 24.3 Å². The van der Waals surface area contributed by atoms with Crippen LogP contribution in [-0.4, -0.2) is 22.2 Å². The van der Waals surface area contributed by atoms with Gasteiger partial charge in [-0.15, -0.1) is 0 Å². The molecule has 1 aliphatic rings. The van der Waals surface area contributed by atoms with Gasteiger partial charge in [-0.25, -0.2) is 0 Å². The lowest BCUT2D eigenvalue weighted by Crippen LogP contribution is -2.34. The molecule has 3 aromatic rings. The SMILES string of the molecule is O=C(NC1CCCCCC1)c1ccc(NC(=O)c2nsc3ccccc23)cc1. The molecule has 0 atom stereocenters. The van der Waals surface area contributed by atoms with E-state index in [1.807, 2.05) is 24.3 Å². The minimum absolute atomic E-state index is 0.0460. The van der Waals surface area contributed by atoms with Gasteiger partial charge in [0, 0.05) is 22.7 Å². The lowest BCUT2D eigenvalue weighted by molar-refractivity contribution is 0.0933. The standard InChI is InChI=1S/C22H23N3O2S/c26-21(23-16-7-3-1-2-4-8-16)15-11-13-17(14-12-15)24-22(27)20-18-9-5-6-10-19(18)28-25-20/h5-6,9-14,16H,1-4,7-8H2,(H,23,26)(H,24,27). The average Bonchev–Trinajstić information content (AvgIpc) is 2.98. The van der Waals surface area contributed by atoms with Crippen LogP contribution in [0.4, 0.5) is 5.69 Å². The van der Waals surface area contributed by atoms with Gasteiger partial charge in [0.05, 0.1) is 4.70 Å². The van der Waals surface area contributed by atoms with Gasteiger partial charge in [0.15, 0.2) is 0 Å². The number of anilines is 1. The van der Waals surface area contributed by atoms with Crippen LogP contribution in [0.5, 0.6) is 0 Å². The van der Waals surface area contributed by atoms with Crippen LogP contribution in [0.2, 0.25) is 0 Å². The normalized spacial score (nSPS) is 15.1. The summed E-state index contributed by atoms with van der Waals surface area (Å²) in [5, 5.41) is 6.86. The third kappa shape index (κ3) is 4.22. The Bertz CT molecular complexity index is 973. The molecule has 0 aliphatic heterocycles. The van der Waals surface area contributed by atoms with Crippen molar-refractivity contribution in [2.75, 3.05) is 5.32 Å². The van der Waals surface area contributed by atoms with E-state index in [2.05, 4.69) is 15.0 Å². The van der Waals surface area contributed by atoms with E-state index in [-0.39, 0.29) is 17.9 Å². The maximum atomic E-state index is 12.6. The summed E-state index contributed by atoms with van der Waals surface area (Å²) in [7, 11) is 0. The molecule has 2 aromatic carbocycles. The molecule has 0 saturated heterocycles. The number of nitrogens with zero attached hydrogens (tertiary/aromatic N) is 1. The predicted octanol–water partition coefficient (Wildman–Crippen LogP) is 5.00. The largest absolute Gasteiger partial charge is 0.349 e. The molecule has 28 heavy (non-hydrogen) atoms. The smallest absolute Gasteiger partial charge is 0.276 e. The molecular weight excluding hydrogens is 370 g/mol. The zero-order chi connectivity index (χ0) is 19.3. The van der Waals surface area contributed by atoms with Gasteiger partial charge in [-0.05, 0) is 54.7 Å². The van der Waals surface area contributed by atoms with Gasteiger partial charge in [0.2, 0.25) is 0 Å². The summed E-state index contributed by atoms with van der Waals surface area (Å²) in [6.45, 7) is 0. The fourth-order valence-electron chi connectivity index (χ4n) is 3.64. The molecule has 1 aromatic heterocycles. The first-order chi connectivity index (χ1) is 13.7. The Morgan fingerprint density at radius 3 is 2.36 bits per heavy atom. The molecule has 0 unspecified atom stereocenters. The van der Waals surface area contributed by atoms with E-state index in [0.717, 1.165) is 22.9 Å². The lowest BCUT2D eigenvalue weighted by atomic mass is 10.1. The Kier molecular flexibility index (Phi) is 5.67. The highest BCUT2D eigenvalue weighted by molar-refractivity contribution is 7.13. The second kappa shape index (κ2) is 8.52. The summed E-state index contributed by atoms with van der Waals surface area (Å²) in [5.41, 5.74) is 1.69. The van der Waals surface area contributed by atoms with Crippen molar-refractivity contribution in [3.8, 4) is 0 Å². The molecule has 1 aliphatic carbocycles. The Morgan fingerprint density at radius 2 is 1.61 bits per heavy atom. The first kappa shape index (κ1) is 18.6. The number of amides is 2. The van der Waals surface area contributed by atoms with Crippen molar-refractivity contribution in [3.63, 3.8) is 0 Å². The minimum atomic E-state index is -0.242. The first-order valence-electron chi connectivity index (χ1n) is 9.77. The Labute approximate surface area is 168 Å². The molecule has 2 N–H and O–H groups in total. The van der Waals surface area contributed by atoms with E-state index in [9.17, 15) is 9.59 Å².